The quantitative estimate of drug-likeness (QED) is 0.438. The zero-order chi connectivity index (χ0) is 21.4. The van der Waals surface area contributed by atoms with Crippen LogP contribution in [-0.2, 0) is 0 Å². The van der Waals surface area contributed by atoms with Crippen LogP contribution in [0.3, 0.4) is 0 Å². The number of ether oxygens (including phenoxy) is 1. The minimum atomic E-state index is 0.0508. The van der Waals surface area contributed by atoms with E-state index in [1.807, 2.05) is 29.8 Å². The minimum absolute atomic E-state index is 0.0508. The fraction of sp³-hybridized carbons (Fsp3) is 0.318. The van der Waals surface area contributed by atoms with E-state index in [-0.39, 0.29) is 12.1 Å². The van der Waals surface area contributed by atoms with E-state index >= 15 is 0 Å². The maximum atomic E-state index is 6.40. The number of piperidine rings is 1. The average Bonchev–Trinajstić information content (AvgIpc) is 3.23. The number of nitrogens with one attached hydrogen (secondary N) is 2. The molecule has 0 saturated carbocycles. The van der Waals surface area contributed by atoms with E-state index in [4.69, 9.17) is 10.5 Å². The third-order valence-electron chi connectivity index (χ3n) is 5.75. The number of aromatic nitrogens is 3. The number of thiazole rings is 1. The molecule has 1 aliphatic heterocycles. The molecule has 2 aromatic carbocycles. The third-order valence-corrected chi connectivity index (χ3v) is 6.54. The summed E-state index contributed by atoms with van der Waals surface area (Å²) in [4.78, 5) is 15.6. The van der Waals surface area contributed by atoms with Crippen LogP contribution in [0.5, 0.6) is 5.75 Å². The number of likely N-dealkylation sites (N-methyl/N-ethyl adjacent to an activating group) is 1. The summed E-state index contributed by atoms with van der Waals surface area (Å²) in [5.41, 5.74) is 11.9. The molecule has 8 nitrogen and oxygen atoms in total. The maximum absolute atomic E-state index is 6.40. The standard InChI is InChI=1S/C22H25N7OS/c1-29-6-5-16(15(23)10-29)28-19-8-14-18(9-20(19)30-2)24-11-25-22(14)27-13-3-4-17-21(7-13)31-12-26-17/h3-4,7-9,11-12,15-16,28H,5-6,10,23H2,1-2H3,(H,24,25,27)/t15?,16-/m1/s1. The Balaban J connectivity index is 1.50. The Morgan fingerprint density at radius 3 is 2.90 bits per heavy atom. The van der Waals surface area contributed by atoms with Crippen molar-refractivity contribution in [2.75, 3.05) is 37.9 Å². The van der Waals surface area contributed by atoms with Crippen LogP contribution in [0.25, 0.3) is 21.1 Å². The Bertz CT molecular complexity index is 1230. The lowest BCUT2D eigenvalue weighted by Crippen LogP contribution is -2.53. The number of rotatable bonds is 5. The monoisotopic (exact) mass is 435 g/mol. The second-order valence-corrected chi connectivity index (χ2v) is 8.80. The fourth-order valence-corrected chi connectivity index (χ4v) is 4.78. The molecule has 4 N–H and O–H groups in total. The molecule has 5 rings (SSSR count). The van der Waals surface area contributed by atoms with Crippen molar-refractivity contribution in [2.45, 2.75) is 18.5 Å². The first-order valence-corrected chi connectivity index (χ1v) is 11.1. The van der Waals surface area contributed by atoms with Crippen LogP contribution in [0, 0.1) is 0 Å². The van der Waals surface area contributed by atoms with E-state index in [0.29, 0.717) is 0 Å². The molecular formula is C22H25N7OS. The van der Waals surface area contributed by atoms with Crippen molar-refractivity contribution in [3.63, 3.8) is 0 Å². The number of benzene rings is 2. The van der Waals surface area contributed by atoms with Gasteiger partial charge in [0.25, 0.3) is 0 Å². The first-order valence-electron chi connectivity index (χ1n) is 10.2. The predicted octanol–water partition coefficient (Wildman–Crippen LogP) is 3.44. The van der Waals surface area contributed by atoms with Gasteiger partial charge in [-0.1, -0.05) is 0 Å². The molecule has 9 heteroatoms. The van der Waals surface area contributed by atoms with Gasteiger partial charge in [-0.15, -0.1) is 11.3 Å². The van der Waals surface area contributed by atoms with Gasteiger partial charge in [-0.3, -0.25) is 0 Å². The molecule has 0 bridgehead atoms. The maximum Gasteiger partial charge on any atom is 0.144 e. The summed E-state index contributed by atoms with van der Waals surface area (Å²) in [5.74, 6) is 1.49. The molecule has 0 aliphatic carbocycles. The second kappa shape index (κ2) is 8.26. The Hall–Kier alpha value is -3.01. The molecule has 1 fully saturated rings. The Kier molecular flexibility index (Phi) is 5.31. The summed E-state index contributed by atoms with van der Waals surface area (Å²) in [6.45, 7) is 1.88. The molecule has 3 heterocycles. The van der Waals surface area contributed by atoms with Gasteiger partial charge in [-0.05, 0) is 44.3 Å². The molecule has 31 heavy (non-hydrogen) atoms. The highest BCUT2D eigenvalue weighted by Crippen LogP contribution is 2.34. The van der Waals surface area contributed by atoms with E-state index in [9.17, 15) is 0 Å². The Labute approximate surface area is 184 Å². The fourth-order valence-electron chi connectivity index (χ4n) is 4.07. The van der Waals surface area contributed by atoms with Gasteiger partial charge >= 0.3 is 0 Å². The first kappa shape index (κ1) is 19.9. The molecule has 160 valence electrons. The zero-order valence-corrected chi connectivity index (χ0v) is 18.3. The SMILES string of the molecule is COc1cc2ncnc(Nc3ccc4ncsc4c3)c2cc1N[C@@H]1CCN(C)CC1N. The van der Waals surface area contributed by atoms with Gasteiger partial charge < -0.3 is 26.0 Å². The van der Waals surface area contributed by atoms with E-state index in [1.165, 1.54) is 0 Å². The van der Waals surface area contributed by atoms with Crippen molar-refractivity contribution in [1.29, 1.82) is 0 Å². The van der Waals surface area contributed by atoms with Crippen molar-refractivity contribution in [2.24, 2.45) is 5.73 Å². The lowest BCUT2D eigenvalue weighted by atomic mass is 10.00. The summed E-state index contributed by atoms with van der Waals surface area (Å²) >= 11 is 1.62. The van der Waals surface area contributed by atoms with Crippen LogP contribution in [0.1, 0.15) is 6.42 Å². The minimum Gasteiger partial charge on any atom is -0.495 e. The highest BCUT2D eigenvalue weighted by molar-refractivity contribution is 7.16. The normalized spacial score (nSPS) is 19.6. The summed E-state index contributed by atoms with van der Waals surface area (Å²) in [5, 5.41) is 7.96. The highest BCUT2D eigenvalue weighted by atomic mass is 32.1. The lowest BCUT2D eigenvalue weighted by molar-refractivity contribution is 0.237. The van der Waals surface area contributed by atoms with Crippen molar-refractivity contribution in [3.05, 3.63) is 42.2 Å². The van der Waals surface area contributed by atoms with Gasteiger partial charge in [0.2, 0.25) is 0 Å². The largest absolute Gasteiger partial charge is 0.495 e. The van der Waals surface area contributed by atoms with Gasteiger partial charge in [0.15, 0.2) is 0 Å². The van der Waals surface area contributed by atoms with E-state index in [1.54, 1.807) is 24.8 Å². The summed E-state index contributed by atoms with van der Waals surface area (Å²) < 4.78 is 6.78. The Morgan fingerprint density at radius 1 is 1.16 bits per heavy atom. The number of hydrogen-bond acceptors (Lipinski definition) is 9. The molecule has 2 aromatic heterocycles. The topological polar surface area (TPSA) is 101 Å². The number of fused-ring (bicyclic) bond motifs is 2. The van der Waals surface area contributed by atoms with Crippen molar-refractivity contribution in [3.8, 4) is 5.75 Å². The average molecular weight is 436 g/mol. The predicted molar refractivity (Wildman–Crippen MR) is 126 cm³/mol. The number of hydrogen-bond donors (Lipinski definition) is 3. The first-order chi connectivity index (χ1) is 15.1. The van der Waals surface area contributed by atoms with Crippen LogP contribution < -0.4 is 21.1 Å². The van der Waals surface area contributed by atoms with Crippen LogP contribution in [0.4, 0.5) is 17.2 Å². The van der Waals surface area contributed by atoms with E-state index in [0.717, 1.165) is 63.6 Å². The summed E-state index contributed by atoms with van der Waals surface area (Å²) in [6, 6.07) is 10.3. The zero-order valence-electron chi connectivity index (χ0n) is 17.5. The van der Waals surface area contributed by atoms with Gasteiger partial charge in [0.05, 0.1) is 34.0 Å². The second-order valence-electron chi connectivity index (χ2n) is 7.92. The molecule has 1 aliphatic rings. The smallest absolute Gasteiger partial charge is 0.144 e. The number of likely N-dealkylation sites (tertiary alicyclic amines) is 1. The van der Waals surface area contributed by atoms with Crippen LogP contribution in [0.15, 0.2) is 42.2 Å². The lowest BCUT2D eigenvalue weighted by Gasteiger charge is -2.35. The number of methoxy groups -OCH3 is 1. The molecule has 1 saturated heterocycles. The molecule has 2 atom stereocenters. The van der Waals surface area contributed by atoms with Crippen LogP contribution in [0.2, 0.25) is 0 Å². The van der Waals surface area contributed by atoms with Crippen LogP contribution >= 0.6 is 11.3 Å². The van der Waals surface area contributed by atoms with Crippen molar-refractivity contribution >= 4 is 49.6 Å². The van der Waals surface area contributed by atoms with Gasteiger partial charge in [-0.25, -0.2) is 15.0 Å². The summed E-state index contributed by atoms with van der Waals surface area (Å²) in [6.07, 6.45) is 2.54. The Morgan fingerprint density at radius 2 is 2.06 bits per heavy atom. The molecule has 4 aromatic rings. The molecular weight excluding hydrogens is 410 g/mol. The number of nitrogens with zero attached hydrogens (tertiary/aromatic N) is 4. The highest BCUT2D eigenvalue weighted by Gasteiger charge is 2.25. The van der Waals surface area contributed by atoms with E-state index < -0.39 is 0 Å². The number of anilines is 3. The van der Waals surface area contributed by atoms with Gasteiger partial charge in [0.1, 0.15) is 17.9 Å². The number of nitrogens with two attached hydrogens (primary N) is 1. The molecule has 0 amide bonds. The third kappa shape index (κ3) is 3.99. The summed E-state index contributed by atoms with van der Waals surface area (Å²) in [7, 11) is 3.77. The van der Waals surface area contributed by atoms with Gasteiger partial charge in [-0.2, -0.15) is 0 Å². The molecule has 0 spiro atoms. The van der Waals surface area contributed by atoms with Gasteiger partial charge in [0, 0.05) is 35.8 Å². The van der Waals surface area contributed by atoms with E-state index in [2.05, 4.69) is 43.6 Å². The molecule has 1 unspecified atom stereocenters. The van der Waals surface area contributed by atoms with Crippen molar-refractivity contribution in [1.82, 2.24) is 19.9 Å². The van der Waals surface area contributed by atoms with Crippen molar-refractivity contribution < 1.29 is 4.74 Å². The molecule has 0 radical (unpaired) electrons. The van der Waals surface area contributed by atoms with Crippen LogP contribution in [-0.4, -0.2) is 59.2 Å².